The number of aliphatic carboxylic acids is 1. The van der Waals surface area contributed by atoms with Crippen LogP contribution >= 0.6 is 15.9 Å². The lowest BCUT2D eigenvalue weighted by molar-refractivity contribution is -0.142. The fraction of sp³-hybridized carbons (Fsp3) is 0.133. The molecule has 1 unspecified atom stereocenters. The maximum Gasteiger partial charge on any atom is 0.333 e. The predicted octanol–water partition coefficient (Wildman–Crippen LogP) is 4.00. The van der Waals surface area contributed by atoms with Crippen molar-refractivity contribution in [3.63, 3.8) is 0 Å². The lowest BCUT2D eigenvalue weighted by atomic mass is 9.91. The number of anilines is 1. The largest absolute Gasteiger partial charge is 0.479 e. The molecule has 2 N–H and O–H groups in total. The van der Waals surface area contributed by atoms with Gasteiger partial charge < -0.3 is 10.4 Å². The fourth-order valence-corrected chi connectivity index (χ4v) is 2.13. The molecule has 0 aliphatic heterocycles. The van der Waals surface area contributed by atoms with Crippen LogP contribution in [0.15, 0.2) is 53.0 Å². The van der Waals surface area contributed by atoms with Gasteiger partial charge in [0.1, 0.15) is 5.82 Å². The van der Waals surface area contributed by atoms with E-state index in [2.05, 4.69) is 21.2 Å². The third kappa shape index (κ3) is 2.82. The Morgan fingerprint density at radius 3 is 2.35 bits per heavy atom. The van der Waals surface area contributed by atoms with Crippen molar-refractivity contribution in [3.05, 3.63) is 64.4 Å². The van der Waals surface area contributed by atoms with Crippen molar-refractivity contribution >= 4 is 27.6 Å². The first kappa shape index (κ1) is 14.5. The van der Waals surface area contributed by atoms with Gasteiger partial charge in [-0.1, -0.05) is 40.2 Å². The Labute approximate surface area is 124 Å². The van der Waals surface area contributed by atoms with Gasteiger partial charge in [-0.15, -0.1) is 0 Å². The van der Waals surface area contributed by atoms with E-state index in [0.717, 1.165) is 4.47 Å². The van der Waals surface area contributed by atoms with Crippen molar-refractivity contribution in [1.82, 2.24) is 0 Å². The van der Waals surface area contributed by atoms with Crippen molar-refractivity contribution in [1.29, 1.82) is 0 Å². The predicted molar refractivity (Wildman–Crippen MR) is 79.2 cm³/mol. The highest BCUT2D eigenvalue weighted by Crippen LogP contribution is 2.28. The van der Waals surface area contributed by atoms with E-state index in [1.807, 2.05) is 0 Å². The van der Waals surface area contributed by atoms with Gasteiger partial charge in [0.05, 0.1) is 5.69 Å². The average Bonchev–Trinajstić information content (AvgIpc) is 2.42. The third-order valence-corrected chi connectivity index (χ3v) is 3.64. The molecule has 0 heterocycles. The topological polar surface area (TPSA) is 49.3 Å². The van der Waals surface area contributed by atoms with E-state index in [0.29, 0.717) is 5.56 Å². The van der Waals surface area contributed by atoms with Crippen molar-refractivity contribution in [3.8, 4) is 0 Å². The molecular formula is C15H13BrFNO2. The molecule has 0 aliphatic carbocycles. The van der Waals surface area contributed by atoms with E-state index in [-0.39, 0.29) is 5.69 Å². The summed E-state index contributed by atoms with van der Waals surface area (Å²) < 4.78 is 14.5. The molecule has 0 aliphatic rings. The number of halogens is 2. The number of carbonyl (C=O) groups is 1. The van der Waals surface area contributed by atoms with Gasteiger partial charge in [-0.3, -0.25) is 0 Å². The summed E-state index contributed by atoms with van der Waals surface area (Å²) in [6.07, 6.45) is 0. The number of benzene rings is 2. The second-order valence-corrected chi connectivity index (χ2v) is 5.46. The van der Waals surface area contributed by atoms with Crippen LogP contribution in [-0.2, 0) is 10.3 Å². The van der Waals surface area contributed by atoms with E-state index >= 15 is 0 Å². The first-order valence-corrected chi connectivity index (χ1v) is 6.75. The number of nitrogens with one attached hydrogen (secondary N) is 1. The molecule has 1 atom stereocenters. The molecule has 0 spiro atoms. The lowest BCUT2D eigenvalue weighted by Crippen LogP contribution is -2.40. The van der Waals surface area contributed by atoms with Crippen LogP contribution in [0.3, 0.4) is 0 Å². The molecular weight excluding hydrogens is 325 g/mol. The molecule has 5 heteroatoms. The summed E-state index contributed by atoms with van der Waals surface area (Å²) in [5.41, 5.74) is -0.722. The first-order chi connectivity index (χ1) is 9.43. The van der Waals surface area contributed by atoms with E-state index in [1.54, 1.807) is 36.4 Å². The van der Waals surface area contributed by atoms with Gasteiger partial charge >= 0.3 is 5.97 Å². The van der Waals surface area contributed by atoms with Crippen LogP contribution in [-0.4, -0.2) is 11.1 Å². The standard InChI is InChI=1S/C15H13BrFNO2/c1-15(14(19)20,10-6-8-11(16)9-7-10)18-13-5-3-2-4-12(13)17/h2-9,18H,1H3,(H,19,20). The second-order valence-electron chi connectivity index (χ2n) is 4.54. The lowest BCUT2D eigenvalue weighted by Gasteiger charge is -2.28. The minimum absolute atomic E-state index is 0.153. The first-order valence-electron chi connectivity index (χ1n) is 5.95. The molecule has 20 heavy (non-hydrogen) atoms. The fourth-order valence-electron chi connectivity index (χ4n) is 1.86. The van der Waals surface area contributed by atoms with Crippen molar-refractivity contribution in [2.75, 3.05) is 5.32 Å². The van der Waals surface area contributed by atoms with Crippen LogP contribution in [0, 0.1) is 5.82 Å². The molecule has 2 rings (SSSR count). The zero-order valence-electron chi connectivity index (χ0n) is 10.7. The molecule has 0 fully saturated rings. The van der Waals surface area contributed by atoms with Crippen molar-refractivity contribution in [2.45, 2.75) is 12.5 Å². The summed E-state index contributed by atoms with van der Waals surface area (Å²) in [6, 6.07) is 12.9. The molecule has 2 aromatic rings. The molecule has 3 nitrogen and oxygen atoms in total. The maximum absolute atomic E-state index is 13.7. The normalized spacial score (nSPS) is 13.6. The summed E-state index contributed by atoms with van der Waals surface area (Å²) >= 11 is 3.30. The number of rotatable bonds is 4. The summed E-state index contributed by atoms with van der Waals surface area (Å²) in [4.78, 5) is 11.6. The quantitative estimate of drug-likeness (QED) is 0.886. The molecule has 0 radical (unpaired) electrons. The molecule has 2 aromatic carbocycles. The molecule has 104 valence electrons. The van der Waals surface area contributed by atoms with Crippen LogP contribution in [0.5, 0.6) is 0 Å². The van der Waals surface area contributed by atoms with Crippen molar-refractivity contribution in [2.24, 2.45) is 0 Å². The Bertz CT molecular complexity index is 630. The van der Waals surface area contributed by atoms with Gasteiger partial charge in [0.15, 0.2) is 5.54 Å². The van der Waals surface area contributed by atoms with Gasteiger partial charge in [-0.2, -0.15) is 0 Å². The molecule has 0 bridgehead atoms. The highest BCUT2D eigenvalue weighted by Gasteiger charge is 2.35. The number of hydrogen-bond acceptors (Lipinski definition) is 2. The summed E-state index contributed by atoms with van der Waals surface area (Å²) in [6.45, 7) is 1.50. The van der Waals surface area contributed by atoms with E-state index in [1.165, 1.54) is 19.1 Å². The highest BCUT2D eigenvalue weighted by molar-refractivity contribution is 9.10. The number of para-hydroxylation sites is 1. The Hall–Kier alpha value is -1.88. The smallest absolute Gasteiger partial charge is 0.333 e. The minimum atomic E-state index is -1.41. The third-order valence-electron chi connectivity index (χ3n) is 3.11. The average molecular weight is 338 g/mol. The van der Waals surface area contributed by atoms with Gasteiger partial charge in [0.25, 0.3) is 0 Å². The zero-order valence-corrected chi connectivity index (χ0v) is 12.3. The Kier molecular flexibility index (Phi) is 4.09. The second kappa shape index (κ2) is 5.63. The van der Waals surface area contributed by atoms with Crippen LogP contribution < -0.4 is 5.32 Å². The maximum atomic E-state index is 13.7. The summed E-state index contributed by atoms with van der Waals surface area (Å²) in [7, 11) is 0. The van der Waals surface area contributed by atoms with Gasteiger partial charge in [-0.05, 0) is 36.8 Å². The monoisotopic (exact) mass is 337 g/mol. The molecule has 0 saturated carbocycles. The Morgan fingerprint density at radius 1 is 1.20 bits per heavy atom. The van der Waals surface area contributed by atoms with Gasteiger partial charge in [0, 0.05) is 4.47 Å². The van der Waals surface area contributed by atoms with E-state index in [9.17, 15) is 14.3 Å². The Balaban J connectivity index is 2.43. The number of carboxylic acids is 1. The van der Waals surface area contributed by atoms with Gasteiger partial charge in [0.2, 0.25) is 0 Å². The minimum Gasteiger partial charge on any atom is -0.479 e. The van der Waals surface area contributed by atoms with E-state index in [4.69, 9.17) is 0 Å². The van der Waals surface area contributed by atoms with E-state index < -0.39 is 17.3 Å². The SMILES string of the molecule is CC(Nc1ccccc1F)(C(=O)O)c1ccc(Br)cc1. The highest BCUT2D eigenvalue weighted by atomic mass is 79.9. The van der Waals surface area contributed by atoms with Gasteiger partial charge in [-0.25, -0.2) is 9.18 Å². The number of carboxylic acid groups (broad SMARTS) is 1. The molecule has 0 saturated heterocycles. The molecule has 0 amide bonds. The summed E-state index contributed by atoms with van der Waals surface area (Å²) in [5, 5.41) is 12.3. The van der Waals surface area contributed by atoms with Crippen LogP contribution in [0.1, 0.15) is 12.5 Å². The van der Waals surface area contributed by atoms with Crippen LogP contribution in [0.2, 0.25) is 0 Å². The van der Waals surface area contributed by atoms with Crippen molar-refractivity contribution < 1.29 is 14.3 Å². The Morgan fingerprint density at radius 2 is 1.80 bits per heavy atom. The zero-order chi connectivity index (χ0) is 14.8. The number of hydrogen-bond donors (Lipinski definition) is 2. The molecule has 0 aromatic heterocycles. The van der Waals surface area contributed by atoms with Crippen LogP contribution in [0.4, 0.5) is 10.1 Å². The van der Waals surface area contributed by atoms with Crippen LogP contribution in [0.25, 0.3) is 0 Å². The summed E-state index contributed by atoms with van der Waals surface area (Å²) in [5.74, 6) is -1.57.